The fraction of sp³-hybridized carbons (Fsp3) is 0.440. The van der Waals surface area contributed by atoms with Gasteiger partial charge in [0.1, 0.15) is 5.54 Å². The van der Waals surface area contributed by atoms with Crippen LogP contribution in [0, 0.1) is 5.92 Å². The van der Waals surface area contributed by atoms with Crippen LogP contribution in [0.1, 0.15) is 30.7 Å². The van der Waals surface area contributed by atoms with Crippen molar-refractivity contribution in [2.75, 3.05) is 37.7 Å². The predicted molar refractivity (Wildman–Crippen MR) is 121 cm³/mol. The van der Waals surface area contributed by atoms with Gasteiger partial charge in [-0.05, 0) is 42.9 Å². The molecule has 2 aliphatic heterocycles. The zero-order valence-electron chi connectivity index (χ0n) is 17.8. The number of rotatable bonds is 6. The molecule has 2 amide bonds. The largest absolute Gasteiger partial charge is 0.355 e. The Labute approximate surface area is 183 Å². The highest BCUT2D eigenvalue weighted by Crippen LogP contribution is 2.47. The molecule has 6 nitrogen and oxygen atoms in total. The van der Waals surface area contributed by atoms with Gasteiger partial charge >= 0.3 is 0 Å². The molecule has 6 heteroatoms. The van der Waals surface area contributed by atoms with Crippen LogP contribution in [0.15, 0.2) is 60.7 Å². The summed E-state index contributed by atoms with van der Waals surface area (Å²) < 4.78 is 0. The van der Waals surface area contributed by atoms with Crippen LogP contribution in [0.25, 0.3) is 0 Å². The number of carbonyl (C=O) groups is 2. The molecule has 5 rings (SSSR count). The highest BCUT2D eigenvalue weighted by atomic mass is 16.2. The molecular formula is C25H30N4O2. The van der Waals surface area contributed by atoms with Gasteiger partial charge in [-0.15, -0.1) is 0 Å². The molecule has 1 spiro atoms. The second kappa shape index (κ2) is 8.35. The summed E-state index contributed by atoms with van der Waals surface area (Å²) in [6.45, 7) is 3.80. The first-order valence-electron chi connectivity index (χ1n) is 11.3. The number of anilines is 1. The molecule has 0 bridgehead atoms. The standard InChI is InChI=1S/C25H30N4O2/c30-23(22-17-21(22)19-7-3-1-4-8-19)26-13-16-28-14-11-25(12-15-28)24(31)27-18-29(25)20-9-5-2-6-10-20/h1-10,21-22H,11-18H2,(H,26,30)(H,27,31). The van der Waals surface area contributed by atoms with E-state index in [-0.39, 0.29) is 17.7 Å². The molecule has 2 unspecified atom stereocenters. The van der Waals surface area contributed by atoms with Crippen molar-refractivity contribution in [1.82, 2.24) is 15.5 Å². The molecule has 31 heavy (non-hydrogen) atoms. The Morgan fingerprint density at radius 3 is 2.42 bits per heavy atom. The molecule has 2 saturated heterocycles. The first kappa shape index (κ1) is 20.1. The zero-order chi connectivity index (χ0) is 21.3. The summed E-state index contributed by atoms with van der Waals surface area (Å²) in [5.74, 6) is 0.812. The molecule has 2 atom stereocenters. The summed E-state index contributed by atoms with van der Waals surface area (Å²) in [4.78, 5) is 29.8. The van der Waals surface area contributed by atoms with E-state index < -0.39 is 5.54 Å². The average Bonchev–Trinajstić information content (AvgIpc) is 3.56. The van der Waals surface area contributed by atoms with Crippen molar-refractivity contribution in [1.29, 1.82) is 0 Å². The molecule has 3 aliphatic rings. The lowest BCUT2D eigenvalue weighted by molar-refractivity contribution is -0.125. The topological polar surface area (TPSA) is 64.7 Å². The zero-order valence-corrected chi connectivity index (χ0v) is 17.8. The molecule has 162 valence electrons. The minimum atomic E-state index is -0.446. The van der Waals surface area contributed by atoms with Gasteiger partial charge in [-0.2, -0.15) is 0 Å². The van der Waals surface area contributed by atoms with E-state index in [1.165, 1.54) is 5.56 Å². The number of hydrogen-bond acceptors (Lipinski definition) is 4. The van der Waals surface area contributed by atoms with Gasteiger partial charge in [-0.25, -0.2) is 0 Å². The van der Waals surface area contributed by atoms with Crippen LogP contribution in [-0.4, -0.2) is 55.1 Å². The van der Waals surface area contributed by atoms with E-state index >= 15 is 0 Å². The molecule has 0 radical (unpaired) electrons. The van der Waals surface area contributed by atoms with Crippen LogP contribution in [0.2, 0.25) is 0 Å². The van der Waals surface area contributed by atoms with Gasteiger partial charge in [-0.1, -0.05) is 48.5 Å². The van der Waals surface area contributed by atoms with Gasteiger partial charge in [0.25, 0.3) is 0 Å². The maximum Gasteiger partial charge on any atom is 0.247 e. The van der Waals surface area contributed by atoms with E-state index in [1.54, 1.807) is 0 Å². The van der Waals surface area contributed by atoms with Crippen molar-refractivity contribution in [3.05, 3.63) is 66.2 Å². The minimum Gasteiger partial charge on any atom is -0.355 e. The molecule has 2 aromatic carbocycles. The number of piperidine rings is 1. The van der Waals surface area contributed by atoms with Gasteiger partial charge in [-0.3, -0.25) is 9.59 Å². The monoisotopic (exact) mass is 418 g/mol. The molecule has 3 fully saturated rings. The van der Waals surface area contributed by atoms with E-state index in [4.69, 9.17) is 0 Å². The van der Waals surface area contributed by atoms with Crippen molar-refractivity contribution >= 4 is 17.5 Å². The fourth-order valence-electron chi connectivity index (χ4n) is 5.20. The summed E-state index contributed by atoms with van der Waals surface area (Å²) in [6.07, 6.45) is 2.56. The van der Waals surface area contributed by atoms with E-state index in [0.29, 0.717) is 19.1 Å². The Morgan fingerprint density at radius 1 is 1.03 bits per heavy atom. The Hall–Kier alpha value is -2.86. The molecule has 2 heterocycles. The lowest BCUT2D eigenvalue weighted by Gasteiger charge is -2.43. The Bertz CT molecular complexity index is 925. The van der Waals surface area contributed by atoms with Crippen LogP contribution >= 0.6 is 0 Å². The summed E-state index contributed by atoms with van der Waals surface area (Å²) in [5.41, 5.74) is 1.92. The fourth-order valence-corrected chi connectivity index (χ4v) is 5.20. The van der Waals surface area contributed by atoms with Crippen LogP contribution in [0.5, 0.6) is 0 Å². The predicted octanol–water partition coefficient (Wildman–Crippen LogP) is 2.33. The van der Waals surface area contributed by atoms with Crippen LogP contribution in [0.4, 0.5) is 5.69 Å². The van der Waals surface area contributed by atoms with Crippen molar-refractivity contribution in [3.63, 3.8) is 0 Å². The van der Waals surface area contributed by atoms with E-state index in [2.05, 4.69) is 44.7 Å². The molecule has 1 aliphatic carbocycles. The van der Waals surface area contributed by atoms with E-state index in [1.807, 2.05) is 36.4 Å². The highest BCUT2D eigenvalue weighted by Gasteiger charge is 2.50. The van der Waals surface area contributed by atoms with Crippen LogP contribution in [-0.2, 0) is 9.59 Å². The van der Waals surface area contributed by atoms with E-state index in [9.17, 15) is 9.59 Å². The van der Waals surface area contributed by atoms with Gasteiger partial charge in [0.05, 0.1) is 6.67 Å². The third-order valence-corrected chi connectivity index (χ3v) is 7.17. The maximum atomic E-state index is 12.7. The number of carbonyl (C=O) groups excluding carboxylic acids is 2. The first-order chi connectivity index (χ1) is 15.2. The van der Waals surface area contributed by atoms with Gasteiger partial charge in [0, 0.05) is 37.8 Å². The quantitative estimate of drug-likeness (QED) is 0.756. The van der Waals surface area contributed by atoms with Crippen molar-refractivity contribution < 1.29 is 9.59 Å². The number of likely N-dealkylation sites (tertiary alicyclic amines) is 1. The number of hydrogen-bond donors (Lipinski definition) is 2. The van der Waals surface area contributed by atoms with Crippen molar-refractivity contribution in [2.24, 2.45) is 5.92 Å². The average molecular weight is 419 g/mol. The second-order valence-corrected chi connectivity index (χ2v) is 8.95. The molecule has 2 aromatic rings. The number of para-hydroxylation sites is 1. The number of nitrogens with one attached hydrogen (secondary N) is 2. The minimum absolute atomic E-state index is 0.119. The Balaban J connectivity index is 1.10. The highest BCUT2D eigenvalue weighted by molar-refractivity contribution is 5.93. The van der Waals surface area contributed by atoms with E-state index in [0.717, 1.165) is 44.6 Å². The Morgan fingerprint density at radius 2 is 1.71 bits per heavy atom. The normalized spacial score (nSPS) is 24.8. The summed E-state index contributed by atoms with van der Waals surface area (Å²) in [7, 11) is 0. The number of nitrogens with zero attached hydrogens (tertiary/aromatic N) is 2. The van der Waals surface area contributed by atoms with Crippen molar-refractivity contribution in [3.8, 4) is 0 Å². The summed E-state index contributed by atoms with van der Waals surface area (Å²) in [6, 6.07) is 20.5. The first-order valence-corrected chi connectivity index (χ1v) is 11.3. The van der Waals surface area contributed by atoms with Crippen molar-refractivity contribution in [2.45, 2.75) is 30.7 Å². The third-order valence-electron chi connectivity index (χ3n) is 7.17. The molecular weight excluding hydrogens is 388 g/mol. The van der Waals surface area contributed by atoms with Crippen LogP contribution in [0.3, 0.4) is 0 Å². The lowest BCUT2D eigenvalue weighted by atomic mass is 9.85. The summed E-state index contributed by atoms with van der Waals surface area (Å²) >= 11 is 0. The SMILES string of the molecule is O=C(NCCN1CCC2(CC1)C(=O)NCN2c1ccccc1)C1CC1c1ccccc1. The number of benzene rings is 2. The van der Waals surface area contributed by atoms with Gasteiger partial charge in [0.15, 0.2) is 0 Å². The molecule has 2 N–H and O–H groups in total. The van der Waals surface area contributed by atoms with Gasteiger partial charge in [0.2, 0.25) is 11.8 Å². The maximum absolute atomic E-state index is 12.7. The Kier molecular flexibility index (Phi) is 5.40. The van der Waals surface area contributed by atoms with Crippen LogP contribution < -0.4 is 15.5 Å². The summed E-state index contributed by atoms with van der Waals surface area (Å²) in [5, 5.41) is 6.18. The second-order valence-electron chi connectivity index (χ2n) is 8.95. The third kappa shape index (κ3) is 3.92. The van der Waals surface area contributed by atoms with Gasteiger partial charge < -0.3 is 20.4 Å². The molecule has 1 saturated carbocycles. The number of amides is 2. The lowest BCUT2D eigenvalue weighted by Crippen LogP contribution is -2.57. The smallest absolute Gasteiger partial charge is 0.247 e. The molecule has 0 aromatic heterocycles.